The van der Waals surface area contributed by atoms with Crippen LogP contribution in [0.25, 0.3) is 22.2 Å². The molecule has 1 aromatic heterocycles. The van der Waals surface area contributed by atoms with Gasteiger partial charge in [-0.05, 0) is 146 Å². The molecule has 0 saturated carbocycles. The van der Waals surface area contributed by atoms with Gasteiger partial charge in [0.1, 0.15) is 5.60 Å². The number of hydrogen-bond acceptors (Lipinski definition) is 4. The summed E-state index contributed by atoms with van der Waals surface area (Å²) in [6.07, 6.45) is 0. The van der Waals surface area contributed by atoms with Crippen LogP contribution < -0.4 is 9.80 Å². The lowest BCUT2D eigenvalue weighted by atomic mass is 9.77. The molecule has 4 heteroatoms. The fourth-order valence-electron chi connectivity index (χ4n) is 8.42. The third kappa shape index (κ3) is 7.45. The van der Waals surface area contributed by atoms with Gasteiger partial charge in [-0.1, -0.05) is 121 Å². The average Bonchev–Trinajstić information content (AvgIpc) is 3.26. The molecule has 0 radical (unpaired) electrons. The molecule has 0 saturated heterocycles. The molecule has 8 aromatic carbocycles. The lowest BCUT2D eigenvalue weighted by molar-refractivity contribution is 0.126. The van der Waals surface area contributed by atoms with Crippen LogP contribution in [0.5, 0.6) is 0 Å². The van der Waals surface area contributed by atoms with Gasteiger partial charge in [0.15, 0.2) is 0 Å². The number of fused-ring (bicyclic) bond motifs is 1. The first kappa shape index (κ1) is 38.3. The molecule has 0 atom stereocenters. The van der Waals surface area contributed by atoms with Crippen molar-refractivity contribution < 1.29 is 5.11 Å². The monoisotopic (exact) mass is 777 g/mol. The van der Waals surface area contributed by atoms with Crippen molar-refractivity contribution in [1.29, 1.82) is 0 Å². The Hall–Kier alpha value is -7.27. The number of aromatic nitrogens is 1. The zero-order chi connectivity index (χ0) is 41.2. The molecule has 1 N–H and O–H groups in total. The summed E-state index contributed by atoms with van der Waals surface area (Å²) in [5.41, 5.74) is 13.8. The van der Waals surface area contributed by atoms with E-state index < -0.39 is 5.60 Å². The highest BCUT2D eigenvalue weighted by molar-refractivity contribution is 5.84. The van der Waals surface area contributed by atoms with Crippen molar-refractivity contribution in [1.82, 2.24) is 4.98 Å². The van der Waals surface area contributed by atoms with E-state index in [2.05, 4.69) is 195 Å². The summed E-state index contributed by atoms with van der Waals surface area (Å²) in [5, 5.41) is 15.2. The molecule has 0 unspecified atom stereocenters. The molecular formula is C56H47N3O. The maximum atomic E-state index is 14.1. The van der Waals surface area contributed by atoms with Gasteiger partial charge in [0, 0.05) is 50.6 Å². The molecule has 0 fully saturated rings. The van der Waals surface area contributed by atoms with Crippen LogP contribution in [0.2, 0.25) is 0 Å². The molecule has 4 nitrogen and oxygen atoms in total. The third-order valence-corrected chi connectivity index (χ3v) is 11.3. The van der Waals surface area contributed by atoms with Crippen molar-refractivity contribution in [3.63, 3.8) is 0 Å². The number of para-hydroxylation sites is 1. The summed E-state index contributed by atoms with van der Waals surface area (Å²) in [6, 6.07) is 71.5. The predicted octanol–water partition coefficient (Wildman–Crippen LogP) is 14.4. The van der Waals surface area contributed by atoms with E-state index in [1.165, 1.54) is 22.3 Å². The maximum Gasteiger partial charge on any atom is 0.141 e. The van der Waals surface area contributed by atoms with Crippen LogP contribution in [0.4, 0.5) is 34.1 Å². The van der Waals surface area contributed by atoms with E-state index in [0.717, 1.165) is 73.0 Å². The highest BCUT2D eigenvalue weighted by Gasteiger charge is 2.37. The molecule has 292 valence electrons. The Labute approximate surface area is 353 Å². The van der Waals surface area contributed by atoms with Crippen LogP contribution in [0, 0.1) is 27.7 Å². The van der Waals surface area contributed by atoms with Gasteiger partial charge in [0.2, 0.25) is 0 Å². The smallest absolute Gasteiger partial charge is 0.141 e. The first-order valence-corrected chi connectivity index (χ1v) is 20.5. The summed E-state index contributed by atoms with van der Waals surface area (Å²) in [6.45, 7) is 8.48. The predicted molar refractivity (Wildman–Crippen MR) is 250 cm³/mol. The van der Waals surface area contributed by atoms with Crippen molar-refractivity contribution in [3.8, 4) is 11.3 Å². The summed E-state index contributed by atoms with van der Waals surface area (Å²) in [7, 11) is 0. The minimum atomic E-state index is -1.63. The Morgan fingerprint density at radius 3 is 1.25 bits per heavy atom. The van der Waals surface area contributed by atoms with Crippen LogP contribution in [0.3, 0.4) is 0 Å². The second-order valence-corrected chi connectivity index (χ2v) is 15.8. The second kappa shape index (κ2) is 16.2. The number of aliphatic hydroxyl groups is 1. The lowest BCUT2D eigenvalue weighted by Gasteiger charge is -2.35. The van der Waals surface area contributed by atoms with E-state index >= 15 is 0 Å². The summed E-state index contributed by atoms with van der Waals surface area (Å²) < 4.78 is 0. The molecule has 9 aromatic rings. The molecule has 1 heterocycles. The second-order valence-electron chi connectivity index (χ2n) is 15.8. The first-order chi connectivity index (χ1) is 29.2. The zero-order valence-corrected chi connectivity index (χ0v) is 34.4. The molecular weight excluding hydrogens is 731 g/mol. The van der Waals surface area contributed by atoms with Gasteiger partial charge in [-0.15, -0.1) is 0 Å². The van der Waals surface area contributed by atoms with Gasteiger partial charge in [-0.2, -0.15) is 0 Å². The summed E-state index contributed by atoms with van der Waals surface area (Å²) in [4.78, 5) is 9.71. The molecule has 9 rings (SSSR count). The van der Waals surface area contributed by atoms with E-state index in [0.29, 0.717) is 0 Å². The zero-order valence-electron chi connectivity index (χ0n) is 34.4. The fraction of sp³-hybridized carbons (Fsp3) is 0.0893. The van der Waals surface area contributed by atoms with Crippen LogP contribution in [-0.2, 0) is 5.60 Å². The highest BCUT2D eigenvalue weighted by atomic mass is 16.3. The standard InChI is InChI=1S/C56H47N3O/c1-39-15-9-22-46(33-39)58(47-23-10-16-40(2)34-47)50-26-13-20-44(37-50)56(60,53-29-7-6-28-52(53)55-32-31-43-19-5-8-30-54(43)57-55)45-21-14-27-51(38-45)59(48-24-11-17-41(3)35-48)49-25-12-18-42(4)36-49/h5-38,60H,1-4H3. The quantitative estimate of drug-likeness (QED) is 0.140. The number of aryl methyl sites for hydroxylation is 4. The molecule has 0 amide bonds. The molecule has 0 aliphatic rings. The van der Waals surface area contributed by atoms with Gasteiger partial charge in [0.05, 0.1) is 11.2 Å². The number of anilines is 6. The normalized spacial score (nSPS) is 11.4. The van der Waals surface area contributed by atoms with Crippen LogP contribution in [0.15, 0.2) is 206 Å². The molecule has 0 aliphatic carbocycles. The number of rotatable bonds is 10. The topological polar surface area (TPSA) is 39.6 Å². The Kier molecular flexibility index (Phi) is 10.3. The molecule has 0 aliphatic heterocycles. The molecule has 0 bridgehead atoms. The van der Waals surface area contributed by atoms with Crippen molar-refractivity contribution in [2.75, 3.05) is 9.80 Å². The Morgan fingerprint density at radius 1 is 0.383 bits per heavy atom. The van der Waals surface area contributed by atoms with Crippen molar-refractivity contribution in [2.45, 2.75) is 33.3 Å². The Morgan fingerprint density at radius 2 is 0.783 bits per heavy atom. The largest absolute Gasteiger partial charge is 0.376 e. The average molecular weight is 778 g/mol. The number of benzene rings is 8. The number of pyridine rings is 1. The molecule has 0 spiro atoms. The maximum absolute atomic E-state index is 14.1. The van der Waals surface area contributed by atoms with Crippen LogP contribution in [0.1, 0.15) is 38.9 Å². The Balaban J connectivity index is 1.29. The minimum Gasteiger partial charge on any atom is -0.376 e. The lowest BCUT2D eigenvalue weighted by Crippen LogP contribution is -2.30. The summed E-state index contributed by atoms with van der Waals surface area (Å²) >= 11 is 0. The van der Waals surface area contributed by atoms with Gasteiger partial charge in [0.25, 0.3) is 0 Å². The van der Waals surface area contributed by atoms with E-state index in [1.54, 1.807) is 0 Å². The van der Waals surface area contributed by atoms with Gasteiger partial charge >= 0.3 is 0 Å². The van der Waals surface area contributed by atoms with Crippen LogP contribution in [-0.4, -0.2) is 10.1 Å². The van der Waals surface area contributed by atoms with Gasteiger partial charge in [-0.25, -0.2) is 4.98 Å². The van der Waals surface area contributed by atoms with Gasteiger partial charge in [-0.3, -0.25) is 0 Å². The summed E-state index contributed by atoms with van der Waals surface area (Å²) in [5.74, 6) is 0. The van der Waals surface area contributed by atoms with Crippen LogP contribution >= 0.6 is 0 Å². The first-order valence-electron chi connectivity index (χ1n) is 20.5. The minimum absolute atomic E-state index is 0.730. The van der Waals surface area contributed by atoms with E-state index in [-0.39, 0.29) is 0 Å². The van der Waals surface area contributed by atoms with Gasteiger partial charge < -0.3 is 14.9 Å². The number of nitrogens with zero attached hydrogens (tertiary/aromatic N) is 3. The highest BCUT2D eigenvalue weighted by Crippen LogP contribution is 2.46. The van der Waals surface area contributed by atoms with E-state index in [4.69, 9.17) is 4.98 Å². The molecule has 60 heavy (non-hydrogen) atoms. The van der Waals surface area contributed by atoms with E-state index in [1.807, 2.05) is 48.5 Å². The van der Waals surface area contributed by atoms with Crippen molar-refractivity contribution in [3.05, 3.63) is 245 Å². The van der Waals surface area contributed by atoms with Crippen molar-refractivity contribution in [2.24, 2.45) is 0 Å². The third-order valence-electron chi connectivity index (χ3n) is 11.3. The number of hydrogen-bond donors (Lipinski definition) is 1. The van der Waals surface area contributed by atoms with Crippen molar-refractivity contribution >= 4 is 45.0 Å². The fourth-order valence-corrected chi connectivity index (χ4v) is 8.42. The Bertz CT molecular complexity index is 2760. The SMILES string of the molecule is Cc1cccc(N(c2cccc(C)c2)c2cccc(C(O)(c3cccc(N(c4cccc(C)c4)c4cccc(C)c4)c3)c3ccccc3-c3ccc4ccccc4n3)c2)c1. The van der Waals surface area contributed by atoms with E-state index in [9.17, 15) is 5.11 Å².